The Morgan fingerprint density at radius 1 is 1.12 bits per heavy atom. The van der Waals surface area contributed by atoms with Crippen LogP contribution in [-0.4, -0.2) is 70.6 Å². The number of thiophene rings is 2. The number of carbonyl (C=O) groups is 1. The molecule has 9 nitrogen and oxygen atoms in total. The summed E-state index contributed by atoms with van der Waals surface area (Å²) in [4.78, 5) is 22.9. The van der Waals surface area contributed by atoms with E-state index in [9.17, 15) is 25.2 Å². The van der Waals surface area contributed by atoms with Gasteiger partial charge >= 0.3 is 0 Å². The van der Waals surface area contributed by atoms with Crippen LogP contribution in [0.3, 0.4) is 0 Å². The minimum Gasteiger partial charge on any atom is -0.508 e. The SMILES string of the molecule is CC#Cc1ccc(-c2ccc(C(=O)[C@H]3CC[C@]4([C@@H](Cc5cc(O)cc(NC[C@H](C)O)c5)NC(N)=NC)CC[C@H]5C[C@@H]([C@H](O)CO)C[C@]53C4)s2)s1. The quantitative estimate of drug-likeness (QED) is 0.0550. The number of hydrogen-bond donors (Lipinski definition) is 7. The maximum atomic E-state index is 14.7. The van der Waals surface area contributed by atoms with Crippen molar-refractivity contribution in [2.45, 2.75) is 83.5 Å². The summed E-state index contributed by atoms with van der Waals surface area (Å²) in [7, 11) is 1.67. The molecule has 0 amide bonds. The Bertz CT molecular complexity index is 1770. The Balaban J connectivity index is 1.33. The van der Waals surface area contributed by atoms with E-state index in [1.54, 1.807) is 48.8 Å². The summed E-state index contributed by atoms with van der Waals surface area (Å²) in [5, 5.41) is 48.2. The van der Waals surface area contributed by atoms with E-state index in [-0.39, 0.29) is 52.8 Å². The van der Waals surface area contributed by atoms with Crippen molar-refractivity contribution in [2.24, 2.45) is 39.3 Å². The van der Waals surface area contributed by atoms with Crippen LogP contribution in [0.25, 0.3) is 9.75 Å². The maximum absolute atomic E-state index is 14.7. The van der Waals surface area contributed by atoms with Gasteiger partial charge in [0, 0.05) is 47.1 Å². The van der Waals surface area contributed by atoms with Gasteiger partial charge in [0.2, 0.25) is 0 Å². The number of aliphatic imine (C=N–C) groups is 1. The molecule has 0 saturated heterocycles. The molecule has 3 aliphatic carbocycles. The molecule has 3 fully saturated rings. The number of aromatic hydroxyl groups is 1. The van der Waals surface area contributed by atoms with Gasteiger partial charge in [-0.1, -0.05) is 5.92 Å². The highest BCUT2D eigenvalue weighted by atomic mass is 32.1. The van der Waals surface area contributed by atoms with Crippen LogP contribution in [0.2, 0.25) is 0 Å². The number of Topliss-reactive ketones (excluding diaryl/α,β-unsaturated/α-hetero) is 1. The summed E-state index contributed by atoms with van der Waals surface area (Å²) in [6.45, 7) is 3.62. The van der Waals surface area contributed by atoms with Crippen LogP contribution in [0, 0.1) is 40.4 Å². The standard InChI is InChI=1S/C39H50N4O5S2/c1-4-5-29-6-7-32(49-29)33-8-9-34(50-33)36(48)30-11-13-38(12-10-26-17-25(31(47)21-44)19-39(26,30)22-38)35(43-37(40)41-3)16-24-14-27(18-28(46)15-24)42-20-23(2)45/h6-9,14-15,18,23,25-26,30-31,35,42,44-47H,10-13,16-17,19-22H2,1-3H3,(H3,40,41,43)/t23-,25+,26-,30+,31+,35+,38+,39-/m0/s1. The lowest BCUT2D eigenvalue weighted by atomic mass is 9.45. The van der Waals surface area contributed by atoms with Crippen LogP contribution in [0.1, 0.15) is 78.9 Å². The number of rotatable bonds is 12. The van der Waals surface area contributed by atoms with Crippen molar-refractivity contribution in [3.05, 3.63) is 57.8 Å². The smallest absolute Gasteiger partial charge is 0.188 e. The molecule has 3 aliphatic rings. The van der Waals surface area contributed by atoms with E-state index in [4.69, 9.17) is 5.73 Å². The Morgan fingerprint density at radius 3 is 2.62 bits per heavy atom. The van der Waals surface area contributed by atoms with Gasteiger partial charge < -0.3 is 36.8 Å². The predicted octanol–water partition coefficient (Wildman–Crippen LogP) is 5.62. The van der Waals surface area contributed by atoms with Crippen LogP contribution < -0.4 is 16.4 Å². The molecule has 3 aromatic rings. The largest absolute Gasteiger partial charge is 0.508 e. The number of ketones is 1. The van der Waals surface area contributed by atoms with E-state index in [1.807, 2.05) is 25.1 Å². The van der Waals surface area contributed by atoms with Crippen LogP contribution in [0.4, 0.5) is 5.69 Å². The van der Waals surface area contributed by atoms with Gasteiger partial charge in [-0.25, -0.2) is 0 Å². The molecule has 0 unspecified atom stereocenters. The second kappa shape index (κ2) is 15.1. The van der Waals surface area contributed by atoms with Crippen molar-refractivity contribution in [3.8, 4) is 27.3 Å². The number of fused-ring (bicyclic) bond motifs is 1. The fourth-order valence-electron chi connectivity index (χ4n) is 9.45. The molecule has 2 bridgehead atoms. The number of hydrogen-bond acceptors (Lipinski definition) is 9. The number of aliphatic hydroxyl groups is 3. The summed E-state index contributed by atoms with van der Waals surface area (Å²) in [5.74, 6) is 6.76. The third-order valence-corrected chi connectivity index (χ3v) is 14.0. The van der Waals surface area contributed by atoms with Gasteiger partial charge in [-0.2, -0.15) is 0 Å². The molecule has 1 spiro atoms. The van der Waals surface area contributed by atoms with Crippen molar-refractivity contribution in [3.63, 3.8) is 0 Å². The molecule has 0 radical (unpaired) electrons. The minimum absolute atomic E-state index is 0.0698. The Morgan fingerprint density at radius 2 is 1.88 bits per heavy atom. The topological polar surface area (TPSA) is 160 Å². The van der Waals surface area contributed by atoms with E-state index in [1.165, 1.54) is 0 Å². The summed E-state index contributed by atoms with van der Waals surface area (Å²) in [6, 6.07) is 13.4. The average molecular weight is 719 g/mol. The fraction of sp³-hybridized carbons (Fsp3) is 0.538. The summed E-state index contributed by atoms with van der Waals surface area (Å²) in [5.41, 5.74) is 7.49. The molecule has 3 saturated carbocycles. The van der Waals surface area contributed by atoms with Crippen LogP contribution in [0.15, 0.2) is 47.5 Å². The van der Waals surface area contributed by atoms with E-state index in [2.05, 4.69) is 39.6 Å². The summed E-state index contributed by atoms with van der Waals surface area (Å²) >= 11 is 3.19. The molecule has 11 heteroatoms. The third kappa shape index (κ3) is 7.32. The molecule has 50 heavy (non-hydrogen) atoms. The molecular formula is C39H50N4O5S2. The number of guanidine groups is 1. The number of nitrogens with one attached hydrogen (secondary N) is 2. The lowest BCUT2D eigenvalue weighted by Crippen LogP contribution is -2.60. The van der Waals surface area contributed by atoms with Crippen molar-refractivity contribution < 1.29 is 25.2 Å². The first-order valence-corrected chi connectivity index (χ1v) is 19.3. The first-order chi connectivity index (χ1) is 24.0. The second-order valence-electron chi connectivity index (χ2n) is 14.7. The summed E-state index contributed by atoms with van der Waals surface area (Å²) in [6.07, 6.45) is 4.94. The van der Waals surface area contributed by atoms with E-state index in [0.29, 0.717) is 25.3 Å². The second-order valence-corrected chi connectivity index (χ2v) is 16.9. The van der Waals surface area contributed by atoms with Gasteiger partial charge in [0.15, 0.2) is 11.7 Å². The van der Waals surface area contributed by atoms with E-state index < -0.39 is 12.2 Å². The van der Waals surface area contributed by atoms with E-state index >= 15 is 0 Å². The maximum Gasteiger partial charge on any atom is 0.188 e. The van der Waals surface area contributed by atoms with Gasteiger partial charge in [0.25, 0.3) is 0 Å². The number of anilines is 1. The molecular weight excluding hydrogens is 669 g/mol. The van der Waals surface area contributed by atoms with Crippen LogP contribution in [0.5, 0.6) is 5.75 Å². The number of nitrogens with two attached hydrogens (primary N) is 1. The molecule has 6 rings (SSSR count). The third-order valence-electron chi connectivity index (χ3n) is 11.7. The highest BCUT2D eigenvalue weighted by molar-refractivity contribution is 7.23. The first-order valence-electron chi connectivity index (χ1n) is 17.7. The predicted molar refractivity (Wildman–Crippen MR) is 202 cm³/mol. The normalized spacial score (nSPS) is 27.8. The average Bonchev–Trinajstić information content (AvgIpc) is 3.85. The number of benzene rings is 1. The molecule has 0 aliphatic heterocycles. The zero-order valence-corrected chi connectivity index (χ0v) is 30.7. The Kier molecular flexibility index (Phi) is 11.0. The zero-order chi connectivity index (χ0) is 35.6. The van der Waals surface area contributed by atoms with Gasteiger partial charge in [-0.05, 0) is 130 Å². The molecule has 8 atom stereocenters. The van der Waals surface area contributed by atoms with E-state index in [0.717, 1.165) is 69.3 Å². The molecule has 8 N–H and O–H groups in total. The van der Waals surface area contributed by atoms with Crippen LogP contribution in [-0.2, 0) is 6.42 Å². The number of aliphatic hydroxyl groups excluding tert-OH is 3. The van der Waals surface area contributed by atoms with Crippen LogP contribution >= 0.6 is 22.7 Å². The summed E-state index contributed by atoms with van der Waals surface area (Å²) < 4.78 is 0. The lowest BCUT2D eigenvalue weighted by molar-refractivity contribution is -0.0786. The highest BCUT2D eigenvalue weighted by Crippen LogP contribution is 2.69. The molecule has 2 aromatic heterocycles. The Hall–Kier alpha value is -3.40. The molecule has 2 heterocycles. The van der Waals surface area contributed by atoms with Gasteiger partial charge in [0.1, 0.15) is 5.75 Å². The van der Waals surface area contributed by atoms with Gasteiger partial charge in [-0.3, -0.25) is 9.79 Å². The lowest BCUT2D eigenvalue weighted by Gasteiger charge is -2.60. The van der Waals surface area contributed by atoms with Crippen molar-refractivity contribution in [1.29, 1.82) is 0 Å². The molecule has 1 aromatic carbocycles. The zero-order valence-electron chi connectivity index (χ0n) is 29.1. The number of phenolic OH excluding ortho intramolecular Hbond substituents is 1. The minimum atomic E-state index is -0.814. The monoisotopic (exact) mass is 718 g/mol. The molecule has 268 valence electrons. The number of phenols is 1. The fourth-order valence-corrected chi connectivity index (χ4v) is 11.4. The van der Waals surface area contributed by atoms with Gasteiger partial charge in [-0.15, -0.1) is 28.6 Å². The van der Waals surface area contributed by atoms with Crippen molar-refractivity contribution in [2.75, 3.05) is 25.5 Å². The highest BCUT2D eigenvalue weighted by Gasteiger charge is 2.64. The first kappa shape index (κ1) is 36.4. The Labute approximate surface area is 303 Å². The van der Waals surface area contributed by atoms with Gasteiger partial charge in [0.05, 0.1) is 28.6 Å². The number of carbonyl (C=O) groups excluding carboxylic acids is 1. The van der Waals surface area contributed by atoms with Crippen molar-refractivity contribution in [1.82, 2.24) is 5.32 Å². The number of nitrogens with zero attached hydrogens (tertiary/aromatic N) is 1. The van der Waals surface area contributed by atoms with Crippen molar-refractivity contribution >= 4 is 40.1 Å².